The van der Waals surface area contributed by atoms with Gasteiger partial charge in [0.25, 0.3) is 0 Å². The summed E-state index contributed by atoms with van der Waals surface area (Å²) in [5, 5.41) is 4.95. The third-order valence-electron chi connectivity index (χ3n) is 5.09. The van der Waals surface area contributed by atoms with E-state index in [-0.39, 0.29) is 28.3 Å². The number of hydrogen-bond donors (Lipinski definition) is 2. The highest BCUT2D eigenvalue weighted by molar-refractivity contribution is 7.89. The van der Waals surface area contributed by atoms with Crippen LogP contribution in [0.2, 0.25) is 0 Å². The predicted molar refractivity (Wildman–Crippen MR) is 112 cm³/mol. The van der Waals surface area contributed by atoms with Crippen LogP contribution < -0.4 is 10.0 Å². The first-order valence-electron chi connectivity index (χ1n) is 9.58. The smallest absolute Gasteiger partial charge is 0.243 e. The number of thiazole rings is 1. The maximum Gasteiger partial charge on any atom is 0.243 e. The highest BCUT2D eigenvalue weighted by Gasteiger charge is 2.34. The van der Waals surface area contributed by atoms with Gasteiger partial charge in [-0.25, -0.2) is 26.5 Å². The summed E-state index contributed by atoms with van der Waals surface area (Å²) in [5.41, 5.74) is 0. The van der Waals surface area contributed by atoms with Gasteiger partial charge in [-0.05, 0) is 49.9 Å². The topological polar surface area (TPSA) is 126 Å². The van der Waals surface area contributed by atoms with E-state index in [1.165, 1.54) is 39.9 Å². The molecule has 2 N–H and O–H groups in total. The minimum atomic E-state index is -3.84. The zero-order chi connectivity index (χ0) is 21.4. The van der Waals surface area contributed by atoms with Crippen molar-refractivity contribution in [1.82, 2.24) is 14.0 Å². The van der Waals surface area contributed by atoms with Crippen LogP contribution >= 0.6 is 11.3 Å². The molecule has 1 unspecified atom stereocenters. The lowest BCUT2D eigenvalue weighted by Gasteiger charge is -2.31. The van der Waals surface area contributed by atoms with Gasteiger partial charge in [-0.3, -0.25) is 4.79 Å². The van der Waals surface area contributed by atoms with Crippen LogP contribution in [-0.4, -0.2) is 51.2 Å². The minimum Gasteiger partial charge on any atom is -0.302 e. The molecule has 1 aromatic heterocycles. The normalized spacial score (nSPS) is 20.7. The lowest BCUT2D eigenvalue weighted by molar-refractivity contribution is -0.120. The third-order valence-corrected chi connectivity index (χ3v) is 9.19. The Morgan fingerprint density at radius 1 is 1.07 bits per heavy atom. The van der Waals surface area contributed by atoms with E-state index in [4.69, 9.17) is 0 Å². The fourth-order valence-corrected chi connectivity index (χ4v) is 6.66. The van der Waals surface area contributed by atoms with Crippen molar-refractivity contribution < 1.29 is 21.6 Å². The monoisotopic (exact) mass is 470 g/mol. The van der Waals surface area contributed by atoms with Crippen molar-refractivity contribution in [3.63, 3.8) is 0 Å². The van der Waals surface area contributed by atoms with Gasteiger partial charge in [0.1, 0.15) is 0 Å². The first-order chi connectivity index (χ1) is 14.3. The molecule has 4 rings (SSSR count). The number of amides is 1. The van der Waals surface area contributed by atoms with Crippen LogP contribution in [0, 0.1) is 5.92 Å². The summed E-state index contributed by atoms with van der Waals surface area (Å²) in [6.07, 6.45) is 4.37. The molecule has 2 heterocycles. The van der Waals surface area contributed by atoms with E-state index in [2.05, 4.69) is 15.0 Å². The lowest BCUT2D eigenvalue weighted by atomic mass is 9.99. The second-order valence-corrected chi connectivity index (χ2v) is 11.9. The molecule has 1 atom stereocenters. The molecular formula is C18H22N4O5S3. The van der Waals surface area contributed by atoms with E-state index in [9.17, 15) is 21.6 Å². The van der Waals surface area contributed by atoms with Crippen LogP contribution in [0.4, 0.5) is 5.13 Å². The molecule has 1 aromatic carbocycles. The van der Waals surface area contributed by atoms with Crippen molar-refractivity contribution in [3.8, 4) is 0 Å². The largest absolute Gasteiger partial charge is 0.302 e. The number of carbonyl (C=O) groups is 1. The van der Waals surface area contributed by atoms with Gasteiger partial charge in [0.15, 0.2) is 5.13 Å². The van der Waals surface area contributed by atoms with Gasteiger partial charge < -0.3 is 5.32 Å². The summed E-state index contributed by atoms with van der Waals surface area (Å²) in [6.45, 7) is 0.384. The van der Waals surface area contributed by atoms with E-state index >= 15 is 0 Å². The van der Waals surface area contributed by atoms with Crippen molar-refractivity contribution in [3.05, 3.63) is 35.8 Å². The molecule has 2 aromatic rings. The molecule has 1 aliphatic carbocycles. The predicted octanol–water partition coefficient (Wildman–Crippen LogP) is 1.62. The number of rotatable bonds is 7. The number of nitrogens with one attached hydrogen (secondary N) is 2. The van der Waals surface area contributed by atoms with E-state index in [0.29, 0.717) is 24.5 Å². The molecule has 9 nitrogen and oxygen atoms in total. The summed E-state index contributed by atoms with van der Waals surface area (Å²) >= 11 is 1.30. The van der Waals surface area contributed by atoms with Gasteiger partial charge in [0.2, 0.25) is 26.0 Å². The Morgan fingerprint density at radius 2 is 1.77 bits per heavy atom. The van der Waals surface area contributed by atoms with Gasteiger partial charge in [-0.2, -0.15) is 4.31 Å². The van der Waals surface area contributed by atoms with E-state index in [1.807, 2.05) is 0 Å². The van der Waals surface area contributed by atoms with Crippen LogP contribution in [0.1, 0.15) is 25.7 Å². The van der Waals surface area contributed by atoms with Crippen LogP contribution in [0.5, 0.6) is 0 Å². The first-order valence-corrected chi connectivity index (χ1v) is 13.4. The lowest BCUT2D eigenvalue weighted by Crippen LogP contribution is -2.43. The van der Waals surface area contributed by atoms with Gasteiger partial charge in [0, 0.05) is 30.7 Å². The molecule has 1 saturated carbocycles. The Hall–Kier alpha value is -1.86. The van der Waals surface area contributed by atoms with E-state index in [1.54, 1.807) is 11.6 Å². The molecular weight excluding hydrogens is 448 g/mol. The standard InChI is InChI=1S/C18H22N4O5S3/c23-17(20-18-19-9-11-28-18)13-2-1-10-22(12-13)30(26,27)16-7-5-15(6-8-16)29(24,25)21-14-3-4-14/h5-9,11,13-14,21H,1-4,10,12H2,(H,19,20,23). The number of sulfonamides is 2. The number of aromatic nitrogens is 1. The second kappa shape index (κ2) is 8.35. The first kappa shape index (κ1) is 21.4. The molecule has 1 aliphatic heterocycles. The summed E-state index contributed by atoms with van der Waals surface area (Å²) in [4.78, 5) is 16.5. The van der Waals surface area contributed by atoms with Crippen LogP contribution in [0.15, 0.2) is 45.6 Å². The number of piperidine rings is 1. The van der Waals surface area contributed by atoms with Crippen LogP contribution in [0.25, 0.3) is 0 Å². The van der Waals surface area contributed by atoms with Crippen molar-refractivity contribution in [1.29, 1.82) is 0 Å². The third kappa shape index (κ3) is 4.72. The Labute approximate surface area is 179 Å². The van der Waals surface area contributed by atoms with Crippen molar-refractivity contribution in [2.24, 2.45) is 5.92 Å². The quantitative estimate of drug-likeness (QED) is 0.633. The van der Waals surface area contributed by atoms with E-state index < -0.39 is 26.0 Å². The van der Waals surface area contributed by atoms with Crippen molar-refractivity contribution >= 4 is 42.4 Å². The Balaban J connectivity index is 1.46. The van der Waals surface area contributed by atoms with Crippen molar-refractivity contribution in [2.75, 3.05) is 18.4 Å². The van der Waals surface area contributed by atoms with E-state index in [0.717, 1.165) is 12.8 Å². The average Bonchev–Trinajstić information content (AvgIpc) is 3.38. The molecule has 0 spiro atoms. The Kier molecular flexibility index (Phi) is 5.95. The zero-order valence-corrected chi connectivity index (χ0v) is 18.5. The summed E-state index contributed by atoms with van der Waals surface area (Å²) in [5.74, 6) is -0.725. The second-order valence-electron chi connectivity index (χ2n) is 7.40. The fourth-order valence-electron chi connectivity index (χ4n) is 3.30. The highest BCUT2D eigenvalue weighted by Crippen LogP contribution is 2.27. The minimum absolute atomic E-state index is 0.00820. The van der Waals surface area contributed by atoms with Crippen LogP contribution in [0.3, 0.4) is 0 Å². The molecule has 12 heteroatoms. The van der Waals surface area contributed by atoms with Crippen molar-refractivity contribution in [2.45, 2.75) is 41.5 Å². The number of benzene rings is 1. The number of nitrogens with zero attached hydrogens (tertiary/aromatic N) is 2. The average molecular weight is 471 g/mol. The molecule has 2 fully saturated rings. The SMILES string of the molecule is O=C(Nc1nccs1)C1CCCN(S(=O)(=O)c2ccc(S(=O)(=O)NC3CC3)cc2)C1. The van der Waals surface area contributed by atoms with Gasteiger partial charge in [-0.1, -0.05) is 0 Å². The van der Waals surface area contributed by atoms with Gasteiger partial charge in [0.05, 0.1) is 15.7 Å². The molecule has 30 heavy (non-hydrogen) atoms. The molecule has 2 aliphatic rings. The Morgan fingerprint density at radius 3 is 2.40 bits per heavy atom. The van der Waals surface area contributed by atoms with Gasteiger partial charge >= 0.3 is 0 Å². The molecule has 0 bridgehead atoms. The summed E-state index contributed by atoms with van der Waals surface area (Å²) in [7, 11) is -7.48. The maximum atomic E-state index is 13.0. The number of hydrogen-bond acceptors (Lipinski definition) is 7. The molecule has 162 valence electrons. The fraction of sp³-hybridized carbons (Fsp3) is 0.444. The highest BCUT2D eigenvalue weighted by atomic mass is 32.2. The zero-order valence-electron chi connectivity index (χ0n) is 16.0. The Bertz CT molecular complexity index is 1110. The summed E-state index contributed by atoms with van der Waals surface area (Å²) in [6, 6.07) is 5.17. The number of carbonyl (C=O) groups excluding carboxylic acids is 1. The summed E-state index contributed by atoms with van der Waals surface area (Å²) < 4.78 is 54.5. The maximum absolute atomic E-state index is 13.0. The molecule has 1 amide bonds. The van der Waals surface area contributed by atoms with Gasteiger partial charge in [-0.15, -0.1) is 11.3 Å². The molecule has 1 saturated heterocycles. The molecule has 0 radical (unpaired) electrons. The van der Waals surface area contributed by atoms with Crippen LogP contribution in [-0.2, 0) is 24.8 Å². The number of anilines is 1.